The van der Waals surface area contributed by atoms with E-state index in [0.29, 0.717) is 0 Å². The van der Waals surface area contributed by atoms with Crippen LogP contribution < -0.4 is 0 Å². The lowest BCUT2D eigenvalue weighted by Crippen LogP contribution is -1.74. The van der Waals surface area contributed by atoms with Crippen LogP contribution in [0.4, 0.5) is 0 Å². The lowest BCUT2D eigenvalue weighted by Gasteiger charge is -1.90. The summed E-state index contributed by atoms with van der Waals surface area (Å²) >= 11 is 0. The quantitative estimate of drug-likeness (QED) is 0.450. The molecule has 0 spiro atoms. The van der Waals surface area contributed by atoms with E-state index in [-0.39, 0.29) is 6.61 Å². The molecule has 0 aliphatic rings. The van der Waals surface area contributed by atoms with Gasteiger partial charge in [0.1, 0.15) is 0 Å². The van der Waals surface area contributed by atoms with E-state index < -0.39 is 0 Å². The maximum atomic E-state index is 8.50. The Morgan fingerprint density at radius 2 is 1.62 bits per heavy atom. The molecule has 0 bridgehead atoms. The summed E-state index contributed by atoms with van der Waals surface area (Å²) in [7, 11) is 0. The minimum Gasteiger partial charge on any atom is -0.396 e. The first-order valence-electron chi connectivity index (χ1n) is 5.32. The van der Waals surface area contributed by atoms with Gasteiger partial charge in [-0.2, -0.15) is 0 Å². The molecular weight excluding hydrogens is 160 g/mol. The highest BCUT2D eigenvalue weighted by Gasteiger charge is 1.80. The summed E-state index contributed by atoms with van der Waals surface area (Å²) in [5.74, 6) is 0. The number of aliphatic hydroxyl groups is 1. The van der Waals surface area contributed by atoms with Gasteiger partial charge in [0.2, 0.25) is 0 Å². The maximum absolute atomic E-state index is 8.50. The van der Waals surface area contributed by atoms with E-state index in [9.17, 15) is 0 Å². The molecule has 1 heteroatoms. The predicted octanol–water partition coefficient (Wildman–Crippen LogP) is 3.45. The van der Waals surface area contributed by atoms with Gasteiger partial charge in [-0.1, -0.05) is 44.1 Å². The smallest absolute Gasteiger partial charge is 0.0465 e. The average molecular weight is 182 g/mol. The zero-order valence-electron chi connectivity index (χ0n) is 8.71. The number of allylic oxidation sites excluding steroid dienone is 3. The first-order chi connectivity index (χ1) is 6.41. The van der Waals surface area contributed by atoms with Crippen LogP contribution in [0.25, 0.3) is 0 Å². The Kier molecular flexibility index (Phi) is 10.9. The number of rotatable bonds is 8. The molecule has 76 valence electrons. The molecule has 0 amide bonds. The fraction of sp³-hybridized carbons (Fsp3) is 0.667. The zero-order valence-corrected chi connectivity index (χ0v) is 8.71. The van der Waals surface area contributed by atoms with Crippen molar-refractivity contribution in [3.8, 4) is 0 Å². The molecule has 0 aliphatic heterocycles. The summed E-state index contributed by atoms with van der Waals surface area (Å²) in [6, 6.07) is 0. The molecule has 0 saturated heterocycles. The number of aliphatic hydroxyl groups excluding tert-OH is 1. The van der Waals surface area contributed by atoms with Crippen molar-refractivity contribution in [2.75, 3.05) is 6.61 Å². The topological polar surface area (TPSA) is 20.2 Å². The molecule has 0 fully saturated rings. The Balaban J connectivity index is 3.11. The van der Waals surface area contributed by atoms with Crippen molar-refractivity contribution in [3.05, 3.63) is 24.3 Å². The molecule has 13 heavy (non-hydrogen) atoms. The van der Waals surface area contributed by atoms with Crippen LogP contribution in [0.15, 0.2) is 24.3 Å². The van der Waals surface area contributed by atoms with Gasteiger partial charge < -0.3 is 5.11 Å². The van der Waals surface area contributed by atoms with E-state index in [1.165, 1.54) is 25.7 Å². The second-order valence-corrected chi connectivity index (χ2v) is 3.19. The summed E-state index contributed by atoms with van der Waals surface area (Å²) in [4.78, 5) is 0. The van der Waals surface area contributed by atoms with Gasteiger partial charge in [-0.25, -0.2) is 0 Å². The van der Waals surface area contributed by atoms with Gasteiger partial charge in [0.25, 0.3) is 0 Å². The summed E-state index contributed by atoms with van der Waals surface area (Å²) in [6.07, 6.45) is 15.5. The van der Waals surface area contributed by atoms with Crippen LogP contribution in [-0.2, 0) is 0 Å². The van der Waals surface area contributed by atoms with E-state index in [2.05, 4.69) is 25.2 Å². The van der Waals surface area contributed by atoms with Crippen LogP contribution in [0.3, 0.4) is 0 Å². The molecule has 0 aromatic carbocycles. The van der Waals surface area contributed by atoms with E-state index in [4.69, 9.17) is 5.11 Å². The van der Waals surface area contributed by atoms with Crippen LogP contribution in [0.5, 0.6) is 0 Å². The van der Waals surface area contributed by atoms with E-state index in [1.54, 1.807) is 0 Å². The Morgan fingerprint density at radius 3 is 2.23 bits per heavy atom. The van der Waals surface area contributed by atoms with Gasteiger partial charge >= 0.3 is 0 Å². The van der Waals surface area contributed by atoms with Gasteiger partial charge in [-0.15, -0.1) is 0 Å². The summed E-state index contributed by atoms with van der Waals surface area (Å²) in [6.45, 7) is 2.48. The van der Waals surface area contributed by atoms with Crippen LogP contribution in [-0.4, -0.2) is 11.7 Å². The highest BCUT2D eigenvalue weighted by molar-refractivity contribution is 4.92. The Morgan fingerprint density at radius 1 is 0.923 bits per heavy atom. The first kappa shape index (κ1) is 12.4. The second-order valence-electron chi connectivity index (χ2n) is 3.19. The van der Waals surface area contributed by atoms with Crippen molar-refractivity contribution in [2.45, 2.75) is 45.4 Å². The van der Waals surface area contributed by atoms with Gasteiger partial charge in [0, 0.05) is 6.61 Å². The van der Waals surface area contributed by atoms with Crippen molar-refractivity contribution < 1.29 is 5.11 Å². The van der Waals surface area contributed by atoms with Gasteiger partial charge in [-0.3, -0.25) is 0 Å². The molecule has 1 N–H and O–H groups in total. The third kappa shape index (κ3) is 11.4. The van der Waals surface area contributed by atoms with Gasteiger partial charge in [0.15, 0.2) is 0 Å². The summed E-state index contributed by atoms with van der Waals surface area (Å²) < 4.78 is 0. The Bertz CT molecular complexity index is 136. The minimum absolute atomic E-state index is 0.261. The van der Waals surface area contributed by atoms with Crippen molar-refractivity contribution in [1.29, 1.82) is 0 Å². The molecule has 0 atom stereocenters. The highest BCUT2D eigenvalue weighted by atomic mass is 16.2. The normalized spacial score (nSPS) is 11.8. The van der Waals surface area contributed by atoms with Crippen LogP contribution in [0.1, 0.15) is 45.4 Å². The fourth-order valence-electron chi connectivity index (χ4n) is 1.09. The lowest BCUT2D eigenvalue weighted by atomic mass is 10.2. The molecule has 0 saturated carbocycles. The first-order valence-corrected chi connectivity index (χ1v) is 5.32. The van der Waals surface area contributed by atoms with Crippen molar-refractivity contribution >= 4 is 0 Å². The number of hydrogen-bond donors (Lipinski definition) is 1. The molecule has 0 aliphatic carbocycles. The third-order valence-corrected chi connectivity index (χ3v) is 1.88. The molecule has 0 heterocycles. The molecule has 0 rings (SSSR count). The van der Waals surface area contributed by atoms with E-state index in [0.717, 1.165) is 12.8 Å². The van der Waals surface area contributed by atoms with Gasteiger partial charge in [-0.05, 0) is 25.7 Å². The van der Waals surface area contributed by atoms with E-state index >= 15 is 0 Å². The van der Waals surface area contributed by atoms with Gasteiger partial charge in [0.05, 0.1) is 0 Å². The molecule has 0 aromatic heterocycles. The zero-order chi connectivity index (χ0) is 9.78. The third-order valence-electron chi connectivity index (χ3n) is 1.88. The SMILES string of the molecule is CCCCC/C=C/C/C=C/CCO. The molecule has 0 radical (unpaired) electrons. The van der Waals surface area contributed by atoms with Crippen LogP contribution >= 0.6 is 0 Å². The van der Waals surface area contributed by atoms with E-state index in [1.807, 2.05) is 6.08 Å². The monoisotopic (exact) mass is 182 g/mol. The van der Waals surface area contributed by atoms with Crippen molar-refractivity contribution in [2.24, 2.45) is 0 Å². The predicted molar refractivity (Wildman–Crippen MR) is 58.7 cm³/mol. The van der Waals surface area contributed by atoms with Crippen LogP contribution in [0.2, 0.25) is 0 Å². The molecule has 1 nitrogen and oxygen atoms in total. The molecule has 0 unspecified atom stereocenters. The average Bonchev–Trinajstić information content (AvgIpc) is 2.16. The fourth-order valence-corrected chi connectivity index (χ4v) is 1.09. The number of hydrogen-bond acceptors (Lipinski definition) is 1. The molecular formula is C12H22O. The maximum Gasteiger partial charge on any atom is 0.0465 e. The summed E-state index contributed by atoms with van der Waals surface area (Å²) in [5.41, 5.74) is 0. The largest absolute Gasteiger partial charge is 0.396 e. The van der Waals surface area contributed by atoms with Crippen molar-refractivity contribution in [1.82, 2.24) is 0 Å². The Labute approximate surface area is 82.2 Å². The second kappa shape index (κ2) is 11.4. The number of unbranched alkanes of at least 4 members (excludes halogenated alkanes) is 3. The standard InChI is InChI=1S/C12H22O/c1-2-3-4-5-6-7-8-9-10-11-12-13/h6-7,9-10,13H,2-5,8,11-12H2,1H3/b7-6+,10-9+. The van der Waals surface area contributed by atoms with Crippen LogP contribution in [0, 0.1) is 0 Å². The summed E-state index contributed by atoms with van der Waals surface area (Å²) in [5, 5.41) is 8.50. The van der Waals surface area contributed by atoms with Crippen molar-refractivity contribution in [3.63, 3.8) is 0 Å². The minimum atomic E-state index is 0.261. The Hall–Kier alpha value is -0.560. The highest BCUT2D eigenvalue weighted by Crippen LogP contribution is 2.00. The molecule has 0 aromatic rings. The lowest BCUT2D eigenvalue weighted by molar-refractivity contribution is 0.302.